The van der Waals surface area contributed by atoms with Gasteiger partial charge in [-0.15, -0.1) is 0 Å². The zero-order chi connectivity index (χ0) is 37.8. The number of piperidine rings is 1. The van der Waals surface area contributed by atoms with Crippen molar-refractivity contribution in [2.45, 2.75) is 50.7 Å². The fraction of sp³-hybridized carbons (Fsp3) is 0.283. The lowest BCUT2D eigenvalue weighted by atomic mass is 9.79. The Hall–Kier alpha value is -5.40. The van der Waals surface area contributed by atoms with E-state index in [1.807, 2.05) is 104 Å². The van der Waals surface area contributed by atoms with Gasteiger partial charge in [-0.05, 0) is 54.0 Å². The van der Waals surface area contributed by atoms with Gasteiger partial charge in [-0.3, -0.25) is 14.5 Å². The van der Waals surface area contributed by atoms with Crippen LogP contribution in [0.5, 0.6) is 0 Å². The minimum atomic E-state index is -1.46. The molecule has 0 radical (unpaired) electrons. The molecule has 5 aromatic rings. The molecule has 1 saturated heterocycles. The van der Waals surface area contributed by atoms with Crippen LogP contribution < -0.4 is 0 Å². The van der Waals surface area contributed by atoms with E-state index in [0.717, 1.165) is 40.7 Å². The second kappa shape index (κ2) is 15.9. The summed E-state index contributed by atoms with van der Waals surface area (Å²) in [5.74, 6) is -0.655. The molecule has 7 rings (SSSR count). The average Bonchev–Trinajstić information content (AvgIpc) is 3.52. The first-order chi connectivity index (χ1) is 26.2. The summed E-state index contributed by atoms with van der Waals surface area (Å²) in [7, 11) is 1.53. The Morgan fingerprint density at radius 3 is 1.96 bits per heavy atom. The van der Waals surface area contributed by atoms with E-state index < -0.39 is 30.1 Å². The lowest BCUT2D eigenvalue weighted by molar-refractivity contribution is -0.157. The maximum atomic E-state index is 14.6. The van der Waals surface area contributed by atoms with Gasteiger partial charge in [0.05, 0.1) is 6.42 Å². The number of hydrogen-bond acceptors (Lipinski definition) is 5. The van der Waals surface area contributed by atoms with Gasteiger partial charge in [-0.2, -0.15) is 0 Å². The van der Waals surface area contributed by atoms with Gasteiger partial charge < -0.3 is 14.4 Å². The molecule has 0 saturated carbocycles. The van der Waals surface area contributed by atoms with Crippen LogP contribution in [0.2, 0.25) is 5.02 Å². The van der Waals surface area contributed by atoms with Crippen molar-refractivity contribution >= 4 is 29.6 Å². The molecule has 1 aliphatic heterocycles. The van der Waals surface area contributed by atoms with E-state index in [9.17, 15) is 14.4 Å². The predicted octanol–water partition coefficient (Wildman–Crippen LogP) is 9.38. The molecule has 2 amide bonds. The highest BCUT2D eigenvalue weighted by Gasteiger charge is 2.44. The standard InChI is InChI=1S/C46H45ClN2O5/c1-31-21-23-34(24-22-31)46(33-13-5-4-6-14-33,40-19-11-12-20-41(40)47)54-43(50)29-42(44(51)49-27-25-32(2)26-28-49)48(3)45(52)53-30-39-37-17-9-7-15-35(37)36-16-8-10-18-38(36)39/h4-24,32,39,42H,25-30H2,1-3H3/t42-,46?/m0/s1. The lowest BCUT2D eigenvalue weighted by Crippen LogP contribution is -2.52. The number of benzene rings is 5. The van der Waals surface area contributed by atoms with Crippen LogP contribution in [-0.4, -0.2) is 60.6 Å². The van der Waals surface area contributed by atoms with Crippen molar-refractivity contribution in [2.75, 3.05) is 26.7 Å². The summed E-state index contributed by atoms with van der Waals surface area (Å²) >= 11 is 6.91. The third-order valence-corrected chi connectivity index (χ3v) is 11.3. The number of fused-ring (bicyclic) bond motifs is 3. The van der Waals surface area contributed by atoms with Crippen LogP contribution in [0.3, 0.4) is 0 Å². The second-order valence-corrected chi connectivity index (χ2v) is 14.9. The number of carbonyl (C=O) groups excluding carboxylic acids is 3. The molecule has 0 N–H and O–H groups in total. The number of aryl methyl sites for hydroxylation is 1. The normalized spacial score (nSPS) is 15.7. The van der Waals surface area contributed by atoms with E-state index in [0.29, 0.717) is 40.7 Å². The summed E-state index contributed by atoms with van der Waals surface area (Å²) in [6.07, 6.45) is 0.604. The van der Waals surface area contributed by atoms with E-state index in [-0.39, 0.29) is 18.4 Å². The Kier molecular flexibility index (Phi) is 10.9. The number of carbonyl (C=O) groups is 3. The first-order valence-corrected chi connectivity index (χ1v) is 19.0. The SMILES string of the molecule is Cc1ccc(C(OC(=O)C[C@@H](C(=O)N2CCC(C)CC2)N(C)C(=O)OCC2c3ccccc3-c3ccccc32)(c2ccccc2)c2ccccc2Cl)cc1. The fourth-order valence-corrected chi connectivity index (χ4v) is 8.15. The number of likely N-dealkylation sites (N-methyl/N-ethyl adjacent to an activating group) is 1. The Morgan fingerprint density at radius 1 is 0.778 bits per heavy atom. The molecule has 1 fully saturated rings. The molecule has 1 heterocycles. The third kappa shape index (κ3) is 7.25. The number of esters is 1. The van der Waals surface area contributed by atoms with Crippen molar-refractivity contribution in [3.8, 4) is 11.1 Å². The van der Waals surface area contributed by atoms with Gasteiger partial charge in [0, 0.05) is 47.8 Å². The largest absolute Gasteiger partial charge is 0.448 e. The second-order valence-electron chi connectivity index (χ2n) is 14.5. The van der Waals surface area contributed by atoms with Gasteiger partial charge in [0.2, 0.25) is 5.91 Å². The number of likely N-dealkylation sites (tertiary alicyclic amines) is 1. The molecule has 1 aliphatic carbocycles. The average molecular weight is 741 g/mol. The van der Waals surface area contributed by atoms with Crippen LogP contribution >= 0.6 is 11.6 Å². The van der Waals surface area contributed by atoms with Crippen LogP contribution in [0.15, 0.2) is 127 Å². The van der Waals surface area contributed by atoms with Gasteiger partial charge in [-0.1, -0.05) is 145 Å². The number of amides is 2. The summed E-state index contributed by atoms with van der Waals surface area (Å²) in [6, 6.07) is 39.7. The molecule has 0 spiro atoms. The Bertz CT molecular complexity index is 2080. The van der Waals surface area contributed by atoms with Crippen molar-refractivity contribution in [1.29, 1.82) is 0 Å². The highest BCUT2D eigenvalue weighted by molar-refractivity contribution is 6.31. The Morgan fingerprint density at radius 2 is 1.33 bits per heavy atom. The zero-order valence-electron chi connectivity index (χ0n) is 30.9. The topological polar surface area (TPSA) is 76.2 Å². The molecule has 276 valence electrons. The number of nitrogens with zero attached hydrogens (tertiary/aromatic N) is 2. The molecule has 54 heavy (non-hydrogen) atoms. The molecule has 0 aromatic heterocycles. The summed E-state index contributed by atoms with van der Waals surface area (Å²) in [5, 5.41) is 0.417. The quantitative estimate of drug-likeness (QED) is 0.105. The van der Waals surface area contributed by atoms with Crippen molar-refractivity contribution in [3.63, 3.8) is 0 Å². The molecule has 1 unspecified atom stereocenters. The Balaban J connectivity index is 1.20. The smallest absolute Gasteiger partial charge is 0.410 e. The highest BCUT2D eigenvalue weighted by Crippen LogP contribution is 2.46. The summed E-state index contributed by atoms with van der Waals surface area (Å²) < 4.78 is 12.7. The molecule has 2 atom stereocenters. The summed E-state index contributed by atoms with van der Waals surface area (Å²) in [6.45, 7) is 5.33. The first kappa shape index (κ1) is 36.9. The third-order valence-electron chi connectivity index (χ3n) is 11.0. The monoisotopic (exact) mass is 740 g/mol. The lowest BCUT2D eigenvalue weighted by Gasteiger charge is -2.38. The minimum Gasteiger partial charge on any atom is -0.448 e. The van der Waals surface area contributed by atoms with Crippen LogP contribution in [0.4, 0.5) is 4.79 Å². The van der Waals surface area contributed by atoms with E-state index in [1.165, 1.54) is 11.9 Å². The van der Waals surface area contributed by atoms with Crippen molar-refractivity contribution in [2.24, 2.45) is 5.92 Å². The maximum Gasteiger partial charge on any atom is 0.410 e. The zero-order valence-corrected chi connectivity index (χ0v) is 31.7. The number of hydrogen-bond donors (Lipinski definition) is 0. The molecular formula is C46H45ClN2O5. The number of halogens is 1. The summed E-state index contributed by atoms with van der Waals surface area (Å²) in [5.41, 5.74) is 5.94. The van der Waals surface area contributed by atoms with Gasteiger partial charge in [-0.25, -0.2) is 4.79 Å². The molecule has 0 bridgehead atoms. The van der Waals surface area contributed by atoms with Crippen molar-refractivity contribution < 1.29 is 23.9 Å². The fourth-order valence-electron chi connectivity index (χ4n) is 7.88. The van der Waals surface area contributed by atoms with Crippen LogP contribution in [-0.2, 0) is 24.7 Å². The van der Waals surface area contributed by atoms with Crippen molar-refractivity contribution in [1.82, 2.24) is 9.80 Å². The van der Waals surface area contributed by atoms with E-state index in [4.69, 9.17) is 21.1 Å². The van der Waals surface area contributed by atoms with Crippen LogP contribution in [0, 0.1) is 12.8 Å². The first-order valence-electron chi connectivity index (χ1n) is 18.6. The predicted molar refractivity (Wildman–Crippen MR) is 211 cm³/mol. The molecule has 8 heteroatoms. The molecular weight excluding hydrogens is 696 g/mol. The number of ether oxygens (including phenoxy) is 2. The molecule has 2 aliphatic rings. The van der Waals surface area contributed by atoms with E-state index >= 15 is 0 Å². The Labute approximate surface area is 322 Å². The number of rotatable bonds is 10. The van der Waals surface area contributed by atoms with Gasteiger partial charge in [0.25, 0.3) is 0 Å². The van der Waals surface area contributed by atoms with Crippen molar-refractivity contribution in [3.05, 3.63) is 166 Å². The van der Waals surface area contributed by atoms with Crippen LogP contribution in [0.1, 0.15) is 65.5 Å². The summed E-state index contributed by atoms with van der Waals surface area (Å²) in [4.78, 5) is 45.9. The maximum absolute atomic E-state index is 14.6. The van der Waals surface area contributed by atoms with Gasteiger partial charge >= 0.3 is 12.1 Å². The van der Waals surface area contributed by atoms with Gasteiger partial charge in [0.15, 0.2) is 5.60 Å². The highest BCUT2D eigenvalue weighted by atomic mass is 35.5. The van der Waals surface area contributed by atoms with E-state index in [2.05, 4.69) is 31.2 Å². The van der Waals surface area contributed by atoms with Gasteiger partial charge in [0.1, 0.15) is 12.6 Å². The van der Waals surface area contributed by atoms with Crippen LogP contribution in [0.25, 0.3) is 11.1 Å². The minimum absolute atomic E-state index is 0.0842. The molecule has 5 aromatic carbocycles. The van der Waals surface area contributed by atoms with E-state index in [1.54, 1.807) is 11.0 Å². The molecule has 7 nitrogen and oxygen atoms in total.